The van der Waals surface area contributed by atoms with E-state index in [1.807, 2.05) is 18.4 Å². The number of aromatic nitrogens is 2. The highest BCUT2D eigenvalue weighted by molar-refractivity contribution is 7.98. The van der Waals surface area contributed by atoms with Gasteiger partial charge in [-0.1, -0.05) is 12.1 Å². The Morgan fingerprint density at radius 2 is 1.88 bits per heavy atom. The van der Waals surface area contributed by atoms with Crippen molar-refractivity contribution in [3.63, 3.8) is 0 Å². The molecule has 0 saturated carbocycles. The molecule has 1 aromatic heterocycles. The van der Waals surface area contributed by atoms with Gasteiger partial charge in [0.15, 0.2) is 6.10 Å². The van der Waals surface area contributed by atoms with Crippen LogP contribution in [0.3, 0.4) is 0 Å². The third-order valence-electron chi connectivity index (χ3n) is 3.49. The lowest BCUT2D eigenvalue weighted by atomic mass is 10.2. The molecule has 0 saturated heterocycles. The van der Waals surface area contributed by atoms with Gasteiger partial charge in [-0.2, -0.15) is 0 Å². The molecule has 1 atom stereocenters. The molecular weight excluding hydrogens is 343 g/mol. The van der Waals surface area contributed by atoms with Crippen molar-refractivity contribution in [3.8, 4) is 11.5 Å². The first-order valence-corrected chi connectivity index (χ1v) is 8.74. The van der Waals surface area contributed by atoms with Crippen molar-refractivity contribution in [1.82, 2.24) is 10.2 Å². The number of benzene rings is 2. The van der Waals surface area contributed by atoms with Crippen LogP contribution in [0.4, 0.5) is 4.39 Å². The van der Waals surface area contributed by atoms with Gasteiger partial charge in [0.25, 0.3) is 5.89 Å². The summed E-state index contributed by atoms with van der Waals surface area (Å²) in [6.07, 6.45) is 1.19. The van der Waals surface area contributed by atoms with Crippen LogP contribution in [0.2, 0.25) is 0 Å². The van der Waals surface area contributed by atoms with Crippen LogP contribution in [0.15, 0.2) is 57.8 Å². The zero-order valence-corrected chi connectivity index (χ0v) is 14.4. The third-order valence-corrected chi connectivity index (χ3v) is 4.29. The van der Waals surface area contributed by atoms with Gasteiger partial charge < -0.3 is 9.15 Å². The normalized spacial score (nSPS) is 12.0. The largest absolute Gasteiger partial charge is 0.449 e. The number of hydrogen-bond donors (Lipinski definition) is 0. The summed E-state index contributed by atoms with van der Waals surface area (Å²) in [6.45, 7) is 1.65. The highest BCUT2D eigenvalue weighted by Crippen LogP contribution is 2.25. The van der Waals surface area contributed by atoms with E-state index in [0.717, 1.165) is 4.90 Å². The van der Waals surface area contributed by atoms with E-state index in [-0.39, 0.29) is 17.6 Å². The molecule has 25 heavy (non-hydrogen) atoms. The lowest BCUT2D eigenvalue weighted by molar-refractivity contribution is 0.0276. The van der Waals surface area contributed by atoms with Crippen molar-refractivity contribution in [3.05, 3.63) is 65.8 Å². The fraction of sp³-hybridized carbons (Fsp3) is 0.167. The van der Waals surface area contributed by atoms with Crippen LogP contribution in [0.1, 0.15) is 29.3 Å². The molecule has 7 heteroatoms. The molecule has 1 heterocycles. The fourth-order valence-corrected chi connectivity index (χ4v) is 2.78. The average molecular weight is 358 g/mol. The molecule has 0 aliphatic rings. The summed E-state index contributed by atoms with van der Waals surface area (Å²) in [5.74, 6) is -0.394. The molecule has 0 aliphatic heterocycles. The van der Waals surface area contributed by atoms with Crippen LogP contribution in [-0.2, 0) is 4.74 Å². The molecule has 2 aromatic carbocycles. The number of esters is 1. The maximum Gasteiger partial charge on any atom is 0.340 e. The van der Waals surface area contributed by atoms with Gasteiger partial charge in [-0.25, -0.2) is 9.18 Å². The van der Waals surface area contributed by atoms with Gasteiger partial charge in [0, 0.05) is 10.5 Å². The summed E-state index contributed by atoms with van der Waals surface area (Å²) in [6, 6.07) is 12.9. The second-order valence-corrected chi connectivity index (χ2v) is 6.05. The second-order valence-electron chi connectivity index (χ2n) is 5.20. The lowest BCUT2D eigenvalue weighted by Crippen LogP contribution is -2.10. The number of thioether (sulfide) groups is 1. The minimum absolute atomic E-state index is 0.175. The standard InChI is InChI=1S/C18H15FN2O3S/c1-11(23-18(22)14-5-3-4-6-15(14)25-2)16-20-21-17(24-16)12-7-9-13(19)10-8-12/h3-11H,1-2H3/t11-/m0/s1. The number of nitrogens with zero attached hydrogens (tertiary/aromatic N) is 2. The Balaban J connectivity index is 1.74. The van der Waals surface area contributed by atoms with E-state index in [1.54, 1.807) is 19.1 Å². The Morgan fingerprint density at radius 1 is 1.16 bits per heavy atom. The van der Waals surface area contributed by atoms with E-state index in [0.29, 0.717) is 11.1 Å². The molecule has 0 fully saturated rings. The molecule has 0 unspecified atom stereocenters. The number of rotatable bonds is 5. The van der Waals surface area contributed by atoms with E-state index < -0.39 is 12.1 Å². The average Bonchev–Trinajstić information content (AvgIpc) is 3.12. The SMILES string of the molecule is CSc1ccccc1C(=O)O[C@@H](C)c1nnc(-c2ccc(F)cc2)o1. The Morgan fingerprint density at radius 3 is 2.60 bits per heavy atom. The number of hydrogen-bond acceptors (Lipinski definition) is 6. The van der Waals surface area contributed by atoms with Crippen molar-refractivity contribution < 1.29 is 18.3 Å². The molecule has 0 radical (unpaired) electrons. The Bertz CT molecular complexity index is 880. The van der Waals surface area contributed by atoms with E-state index in [1.165, 1.54) is 36.0 Å². The molecular formula is C18H15FN2O3S. The van der Waals surface area contributed by atoms with Crippen molar-refractivity contribution in [1.29, 1.82) is 0 Å². The van der Waals surface area contributed by atoms with Crippen LogP contribution in [0.25, 0.3) is 11.5 Å². The fourth-order valence-electron chi connectivity index (χ4n) is 2.20. The van der Waals surface area contributed by atoms with Gasteiger partial charge in [0.05, 0.1) is 5.56 Å². The first-order chi connectivity index (χ1) is 12.1. The van der Waals surface area contributed by atoms with Crippen molar-refractivity contribution >= 4 is 17.7 Å². The lowest BCUT2D eigenvalue weighted by Gasteiger charge is -2.11. The summed E-state index contributed by atoms with van der Waals surface area (Å²) in [5, 5.41) is 7.83. The smallest absolute Gasteiger partial charge is 0.340 e. The minimum atomic E-state index is -0.705. The number of ether oxygens (including phenoxy) is 1. The van der Waals surface area contributed by atoms with Crippen LogP contribution in [0, 0.1) is 5.82 Å². The quantitative estimate of drug-likeness (QED) is 0.494. The topological polar surface area (TPSA) is 65.2 Å². The molecule has 128 valence electrons. The number of carbonyl (C=O) groups is 1. The Kier molecular flexibility index (Phi) is 5.14. The number of halogens is 1. The predicted octanol–water partition coefficient (Wildman–Crippen LogP) is 4.52. The maximum atomic E-state index is 13.0. The monoisotopic (exact) mass is 358 g/mol. The highest BCUT2D eigenvalue weighted by atomic mass is 32.2. The molecule has 0 amide bonds. The van der Waals surface area contributed by atoms with Gasteiger partial charge in [-0.05, 0) is 49.6 Å². The molecule has 3 aromatic rings. The first kappa shape index (κ1) is 17.2. The molecule has 0 spiro atoms. The van der Waals surface area contributed by atoms with Crippen LogP contribution >= 0.6 is 11.8 Å². The van der Waals surface area contributed by atoms with Gasteiger partial charge in [0.1, 0.15) is 5.82 Å². The van der Waals surface area contributed by atoms with E-state index >= 15 is 0 Å². The first-order valence-electron chi connectivity index (χ1n) is 7.52. The molecule has 3 rings (SSSR count). The summed E-state index contributed by atoms with van der Waals surface area (Å²) in [4.78, 5) is 13.2. The second kappa shape index (κ2) is 7.48. The van der Waals surface area contributed by atoms with Crippen molar-refractivity contribution in [2.45, 2.75) is 17.9 Å². The van der Waals surface area contributed by atoms with Gasteiger partial charge in [-0.15, -0.1) is 22.0 Å². The van der Waals surface area contributed by atoms with E-state index in [9.17, 15) is 9.18 Å². The molecule has 0 N–H and O–H groups in total. The van der Waals surface area contributed by atoms with Crippen molar-refractivity contribution in [2.24, 2.45) is 0 Å². The van der Waals surface area contributed by atoms with Crippen LogP contribution < -0.4 is 0 Å². The molecule has 5 nitrogen and oxygen atoms in total. The van der Waals surface area contributed by atoms with Crippen molar-refractivity contribution in [2.75, 3.05) is 6.26 Å². The van der Waals surface area contributed by atoms with Gasteiger partial charge in [-0.3, -0.25) is 0 Å². The Hall–Kier alpha value is -2.67. The summed E-state index contributed by atoms with van der Waals surface area (Å²) < 4.78 is 23.9. The zero-order chi connectivity index (χ0) is 17.8. The van der Waals surface area contributed by atoms with Crippen LogP contribution in [-0.4, -0.2) is 22.4 Å². The van der Waals surface area contributed by atoms with E-state index in [4.69, 9.17) is 9.15 Å². The maximum absolute atomic E-state index is 13.0. The summed E-state index contributed by atoms with van der Waals surface area (Å²) in [5.41, 5.74) is 1.08. The molecule has 0 aliphatic carbocycles. The highest BCUT2D eigenvalue weighted by Gasteiger charge is 2.21. The minimum Gasteiger partial charge on any atom is -0.449 e. The van der Waals surface area contributed by atoms with Crippen LogP contribution in [0.5, 0.6) is 0 Å². The Labute approximate surface area is 148 Å². The van der Waals surface area contributed by atoms with Gasteiger partial charge >= 0.3 is 5.97 Å². The summed E-state index contributed by atoms with van der Waals surface area (Å²) in [7, 11) is 0. The molecule has 0 bridgehead atoms. The predicted molar refractivity (Wildman–Crippen MR) is 91.7 cm³/mol. The van der Waals surface area contributed by atoms with E-state index in [2.05, 4.69) is 10.2 Å². The zero-order valence-electron chi connectivity index (χ0n) is 13.6. The number of carbonyl (C=O) groups excluding carboxylic acids is 1. The summed E-state index contributed by atoms with van der Waals surface area (Å²) >= 11 is 1.47. The third kappa shape index (κ3) is 3.88. The van der Waals surface area contributed by atoms with Gasteiger partial charge in [0.2, 0.25) is 5.89 Å².